The van der Waals surface area contributed by atoms with Crippen LogP contribution in [-0.2, 0) is 6.54 Å². The van der Waals surface area contributed by atoms with Crippen molar-refractivity contribution in [3.8, 4) is 0 Å². The molecule has 1 aromatic carbocycles. The largest absolute Gasteiger partial charge is 0.468 e. The summed E-state index contributed by atoms with van der Waals surface area (Å²) >= 11 is 0. The molecule has 0 saturated carbocycles. The number of furan rings is 1. The van der Waals surface area contributed by atoms with Crippen LogP contribution in [0.15, 0.2) is 47.1 Å². The lowest BCUT2D eigenvalue weighted by Crippen LogP contribution is -2.33. The van der Waals surface area contributed by atoms with Gasteiger partial charge in [0.25, 0.3) is 0 Å². The Morgan fingerprint density at radius 2 is 2.00 bits per heavy atom. The van der Waals surface area contributed by atoms with Crippen LogP contribution in [0.5, 0.6) is 0 Å². The smallest absolute Gasteiger partial charge is 0.122 e. The number of nitrogens with two attached hydrogens (primary N) is 1. The lowest BCUT2D eigenvalue weighted by atomic mass is 10.1. The highest BCUT2D eigenvalue weighted by molar-refractivity contribution is 5.25. The highest BCUT2D eigenvalue weighted by Crippen LogP contribution is 2.23. The minimum Gasteiger partial charge on any atom is -0.468 e. The fraction of sp³-hybridized carbons (Fsp3) is 0.375. The lowest BCUT2D eigenvalue weighted by Gasteiger charge is -2.28. The van der Waals surface area contributed by atoms with E-state index in [9.17, 15) is 0 Å². The second kappa shape index (κ2) is 6.55. The van der Waals surface area contributed by atoms with Crippen molar-refractivity contribution < 1.29 is 4.42 Å². The molecule has 1 heterocycles. The minimum atomic E-state index is 0.139. The van der Waals surface area contributed by atoms with Crippen molar-refractivity contribution in [3.63, 3.8) is 0 Å². The van der Waals surface area contributed by atoms with Crippen LogP contribution in [0.1, 0.15) is 29.9 Å². The van der Waals surface area contributed by atoms with E-state index in [2.05, 4.69) is 43.0 Å². The van der Waals surface area contributed by atoms with Crippen LogP contribution in [0, 0.1) is 6.92 Å². The molecule has 0 saturated heterocycles. The van der Waals surface area contributed by atoms with Gasteiger partial charge >= 0.3 is 0 Å². The monoisotopic (exact) mass is 258 g/mol. The zero-order valence-corrected chi connectivity index (χ0v) is 11.7. The lowest BCUT2D eigenvalue weighted by molar-refractivity contribution is 0.179. The molecule has 0 aliphatic rings. The first-order valence-electron chi connectivity index (χ1n) is 6.78. The quantitative estimate of drug-likeness (QED) is 0.865. The van der Waals surface area contributed by atoms with Crippen LogP contribution in [0.2, 0.25) is 0 Å². The molecule has 19 heavy (non-hydrogen) atoms. The van der Waals surface area contributed by atoms with Crippen LogP contribution >= 0.6 is 0 Å². The van der Waals surface area contributed by atoms with E-state index in [0.29, 0.717) is 6.54 Å². The van der Waals surface area contributed by atoms with Crippen molar-refractivity contribution in [1.82, 2.24) is 4.90 Å². The van der Waals surface area contributed by atoms with Crippen LogP contribution in [-0.4, -0.2) is 18.0 Å². The summed E-state index contributed by atoms with van der Waals surface area (Å²) in [6.07, 6.45) is 1.71. The third kappa shape index (κ3) is 3.25. The molecule has 1 unspecified atom stereocenters. The summed E-state index contributed by atoms with van der Waals surface area (Å²) < 4.78 is 5.52. The normalized spacial score (nSPS) is 12.8. The number of benzene rings is 1. The Balaban J connectivity index is 2.17. The van der Waals surface area contributed by atoms with Gasteiger partial charge in [0.05, 0.1) is 12.3 Å². The van der Waals surface area contributed by atoms with Crippen molar-refractivity contribution in [2.45, 2.75) is 26.4 Å². The maximum absolute atomic E-state index is 5.93. The Bertz CT molecular complexity index is 493. The second-order valence-electron chi connectivity index (χ2n) is 4.76. The van der Waals surface area contributed by atoms with Gasteiger partial charge in [-0.1, -0.05) is 31.2 Å². The molecule has 0 radical (unpaired) electrons. The van der Waals surface area contributed by atoms with Gasteiger partial charge in [-0.25, -0.2) is 0 Å². The van der Waals surface area contributed by atoms with Crippen molar-refractivity contribution >= 4 is 0 Å². The molecule has 0 aliphatic carbocycles. The van der Waals surface area contributed by atoms with E-state index in [-0.39, 0.29) is 6.04 Å². The highest BCUT2D eigenvalue weighted by Gasteiger charge is 2.20. The van der Waals surface area contributed by atoms with Crippen LogP contribution in [0.4, 0.5) is 0 Å². The van der Waals surface area contributed by atoms with Crippen LogP contribution in [0.25, 0.3) is 0 Å². The molecule has 3 heteroatoms. The van der Waals surface area contributed by atoms with Gasteiger partial charge in [0, 0.05) is 13.1 Å². The molecule has 0 aliphatic heterocycles. The number of aryl methyl sites for hydroxylation is 1. The Kier molecular flexibility index (Phi) is 4.77. The summed E-state index contributed by atoms with van der Waals surface area (Å²) in [7, 11) is 0. The van der Waals surface area contributed by atoms with E-state index in [1.54, 1.807) is 6.26 Å². The Hall–Kier alpha value is -1.58. The van der Waals surface area contributed by atoms with Crippen LogP contribution < -0.4 is 5.73 Å². The second-order valence-corrected chi connectivity index (χ2v) is 4.76. The van der Waals surface area contributed by atoms with Gasteiger partial charge in [0.1, 0.15) is 5.76 Å². The molecule has 0 spiro atoms. The minimum absolute atomic E-state index is 0.139. The number of nitrogens with zero attached hydrogens (tertiary/aromatic N) is 1. The van der Waals surface area contributed by atoms with Gasteiger partial charge in [-0.3, -0.25) is 4.90 Å². The zero-order valence-electron chi connectivity index (χ0n) is 11.7. The summed E-state index contributed by atoms with van der Waals surface area (Å²) in [6, 6.07) is 12.5. The first-order valence-corrected chi connectivity index (χ1v) is 6.78. The first kappa shape index (κ1) is 13.8. The van der Waals surface area contributed by atoms with Crippen molar-refractivity contribution in [1.29, 1.82) is 0 Å². The van der Waals surface area contributed by atoms with Crippen LogP contribution in [0.3, 0.4) is 0 Å². The topological polar surface area (TPSA) is 42.4 Å². The van der Waals surface area contributed by atoms with Gasteiger partial charge in [-0.2, -0.15) is 0 Å². The molecule has 0 amide bonds. The first-order chi connectivity index (χ1) is 9.26. The summed E-state index contributed by atoms with van der Waals surface area (Å²) in [5.74, 6) is 0.943. The summed E-state index contributed by atoms with van der Waals surface area (Å²) in [5.41, 5.74) is 8.59. The van der Waals surface area contributed by atoms with Crippen molar-refractivity contribution in [2.24, 2.45) is 5.73 Å². The maximum atomic E-state index is 5.93. The molecule has 2 N–H and O–H groups in total. The molecular weight excluding hydrogens is 236 g/mol. The average molecular weight is 258 g/mol. The van der Waals surface area contributed by atoms with Gasteiger partial charge in [-0.15, -0.1) is 0 Å². The molecule has 0 fully saturated rings. The SMILES string of the molecule is CCN(Cc1ccccc1C)C(CN)c1ccco1. The molecule has 102 valence electrons. The highest BCUT2D eigenvalue weighted by atomic mass is 16.3. The summed E-state index contributed by atoms with van der Waals surface area (Å²) in [5, 5.41) is 0. The maximum Gasteiger partial charge on any atom is 0.122 e. The number of rotatable bonds is 6. The molecule has 2 rings (SSSR count). The summed E-state index contributed by atoms with van der Waals surface area (Å²) in [4.78, 5) is 2.35. The Morgan fingerprint density at radius 1 is 1.21 bits per heavy atom. The fourth-order valence-corrected chi connectivity index (χ4v) is 2.37. The zero-order chi connectivity index (χ0) is 13.7. The van der Waals surface area contributed by atoms with Gasteiger partial charge in [0.15, 0.2) is 0 Å². The number of likely N-dealkylation sites (N-methyl/N-ethyl adjacent to an activating group) is 1. The molecule has 0 bridgehead atoms. The third-order valence-electron chi connectivity index (χ3n) is 3.58. The van der Waals surface area contributed by atoms with Crippen molar-refractivity contribution in [2.75, 3.05) is 13.1 Å². The van der Waals surface area contributed by atoms with E-state index in [0.717, 1.165) is 18.8 Å². The molecule has 1 aromatic heterocycles. The molecular formula is C16H22N2O. The Morgan fingerprint density at radius 3 is 2.58 bits per heavy atom. The third-order valence-corrected chi connectivity index (χ3v) is 3.58. The average Bonchev–Trinajstić information content (AvgIpc) is 2.94. The number of hydrogen-bond acceptors (Lipinski definition) is 3. The molecule has 2 aromatic rings. The van der Waals surface area contributed by atoms with E-state index >= 15 is 0 Å². The van der Waals surface area contributed by atoms with Gasteiger partial charge in [-0.05, 0) is 36.7 Å². The van der Waals surface area contributed by atoms with E-state index in [1.807, 2.05) is 12.1 Å². The van der Waals surface area contributed by atoms with Gasteiger partial charge in [0.2, 0.25) is 0 Å². The van der Waals surface area contributed by atoms with E-state index < -0.39 is 0 Å². The predicted octanol–water partition coefficient (Wildman–Crippen LogP) is 3.11. The van der Waals surface area contributed by atoms with Gasteiger partial charge < -0.3 is 10.2 Å². The number of hydrogen-bond donors (Lipinski definition) is 1. The van der Waals surface area contributed by atoms with Crippen molar-refractivity contribution in [3.05, 3.63) is 59.5 Å². The van der Waals surface area contributed by atoms with E-state index in [4.69, 9.17) is 10.2 Å². The standard InChI is InChI=1S/C16H22N2O/c1-3-18(12-14-8-5-4-7-13(14)2)15(11-17)16-9-6-10-19-16/h4-10,15H,3,11-12,17H2,1-2H3. The Labute approximate surface area is 115 Å². The summed E-state index contributed by atoms with van der Waals surface area (Å²) in [6.45, 7) is 6.70. The molecule has 1 atom stereocenters. The fourth-order valence-electron chi connectivity index (χ4n) is 2.37. The molecule has 3 nitrogen and oxygen atoms in total. The van der Waals surface area contributed by atoms with E-state index in [1.165, 1.54) is 11.1 Å². The predicted molar refractivity (Wildman–Crippen MR) is 77.8 cm³/mol.